The Labute approximate surface area is 71.4 Å². The van der Waals surface area contributed by atoms with Gasteiger partial charge in [-0.1, -0.05) is 13.3 Å². The summed E-state index contributed by atoms with van der Waals surface area (Å²) in [6.07, 6.45) is 1.23. The molecule has 0 atom stereocenters. The Bertz CT molecular complexity index is 102. The predicted octanol–water partition coefficient (Wildman–Crippen LogP) is 0.336. The number of nitrogens with zero attached hydrogens (tertiary/aromatic N) is 1. The van der Waals surface area contributed by atoms with Gasteiger partial charge in [0.25, 0.3) is 8.56 Å². The first-order valence-electron chi connectivity index (χ1n) is 4.18. The third-order valence-corrected chi connectivity index (χ3v) is 6.61. The molecule has 68 valence electrons. The third-order valence-electron chi connectivity index (χ3n) is 2.20. The minimum Gasteiger partial charge on any atom is -0.316 e. The monoisotopic (exact) mass is 175 g/mol. The van der Waals surface area contributed by atoms with Gasteiger partial charge in [0, 0.05) is 0 Å². The topological polar surface area (TPSA) is 27.3 Å². The van der Waals surface area contributed by atoms with E-state index in [9.17, 15) is 0 Å². The summed E-state index contributed by atoms with van der Waals surface area (Å²) in [7, 11) is 6.86. The molecule has 0 radical (unpaired) electrons. The molecule has 11 heavy (non-hydrogen) atoms. The molecule has 0 aliphatic rings. The molecule has 0 bridgehead atoms. The Morgan fingerprint density at radius 3 is 1.73 bits per heavy atom. The molecule has 0 spiro atoms. The van der Waals surface area contributed by atoms with E-state index in [0.29, 0.717) is 0 Å². The van der Waals surface area contributed by atoms with Gasteiger partial charge in [0.1, 0.15) is 0 Å². The molecule has 0 aromatic carbocycles. The van der Waals surface area contributed by atoms with Crippen LogP contribution in [-0.4, -0.2) is 41.3 Å². The molecule has 4 heteroatoms. The molecule has 3 nitrogen and oxygen atoms in total. The normalized spacial score (nSPS) is 12.5. The Morgan fingerprint density at radius 2 is 1.64 bits per heavy atom. The predicted molar refractivity (Wildman–Crippen MR) is 52.7 cm³/mol. The lowest BCUT2D eigenvalue weighted by Gasteiger charge is -2.35. The molecule has 0 aliphatic carbocycles. The van der Waals surface area contributed by atoms with Crippen LogP contribution in [0.15, 0.2) is 0 Å². The molecule has 0 amide bonds. The zero-order valence-electron chi connectivity index (χ0n) is 8.36. The molecule has 0 aliphatic heterocycles. The molecule has 0 aromatic rings. The maximum absolute atomic E-state index is 3.42. The highest BCUT2D eigenvalue weighted by Crippen LogP contribution is 2.06. The van der Waals surface area contributed by atoms with Gasteiger partial charge in [-0.3, -0.25) is 0 Å². The summed E-state index contributed by atoms with van der Waals surface area (Å²) in [5.74, 6) is 0. The van der Waals surface area contributed by atoms with Crippen LogP contribution >= 0.6 is 0 Å². The molecule has 0 rings (SSSR count). The molecule has 0 saturated heterocycles. The second kappa shape index (κ2) is 4.87. The van der Waals surface area contributed by atoms with Crippen molar-refractivity contribution in [2.75, 3.05) is 28.2 Å². The van der Waals surface area contributed by atoms with E-state index in [-0.39, 0.29) is 0 Å². The van der Waals surface area contributed by atoms with Crippen molar-refractivity contribution in [3.05, 3.63) is 0 Å². The van der Waals surface area contributed by atoms with E-state index in [1.165, 1.54) is 12.5 Å². The van der Waals surface area contributed by atoms with E-state index < -0.39 is 8.56 Å². The van der Waals surface area contributed by atoms with E-state index in [1.54, 1.807) is 0 Å². The van der Waals surface area contributed by atoms with Crippen LogP contribution in [0.5, 0.6) is 0 Å². The van der Waals surface area contributed by atoms with Gasteiger partial charge in [-0.15, -0.1) is 0 Å². The molecule has 0 heterocycles. The second-order valence-corrected chi connectivity index (χ2v) is 7.12. The highest BCUT2D eigenvalue weighted by molar-refractivity contribution is 6.72. The lowest BCUT2D eigenvalue weighted by molar-refractivity contribution is 0.564. The van der Waals surface area contributed by atoms with Gasteiger partial charge in [0.15, 0.2) is 0 Å². The number of nitrogens with one attached hydrogen (secondary N) is 2. The van der Waals surface area contributed by atoms with Crippen molar-refractivity contribution in [1.82, 2.24) is 14.5 Å². The van der Waals surface area contributed by atoms with Crippen molar-refractivity contribution in [2.45, 2.75) is 19.4 Å². The standard InChI is InChI=1S/C7H21N3Si/c1-6-7-11(8-2,9-3)10(4)5/h8-9H,6-7H2,1-5H3. The molecular weight excluding hydrogens is 154 g/mol. The van der Waals surface area contributed by atoms with Gasteiger partial charge >= 0.3 is 0 Å². The second-order valence-electron chi connectivity index (χ2n) is 3.00. The minimum atomic E-state index is -1.49. The maximum atomic E-state index is 3.42. The van der Waals surface area contributed by atoms with Gasteiger partial charge in [-0.25, -0.2) is 0 Å². The fraction of sp³-hybridized carbons (Fsp3) is 1.00. The maximum Gasteiger partial charge on any atom is 0.283 e. The average Bonchev–Trinajstić information content (AvgIpc) is 2.00. The summed E-state index contributed by atoms with van der Waals surface area (Å²) in [6.45, 7) is 2.22. The van der Waals surface area contributed by atoms with Crippen molar-refractivity contribution < 1.29 is 0 Å². The van der Waals surface area contributed by atoms with Crippen molar-refractivity contribution in [1.29, 1.82) is 0 Å². The fourth-order valence-electron chi connectivity index (χ4n) is 1.41. The van der Waals surface area contributed by atoms with Crippen LogP contribution in [0.2, 0.25) is 6.04 Å². The first-order chi connectivity index (χ1) is 5.13. The first kappa shape index (κ1) is 11.1. The van der Waals surface area contributed by atoms with Gasteiger partial charge in [0.2, 0.25) is 0 Å². The quantitative estimate of drug-likeness (QED) is 0.590. The van der Waals surface area contributed by atoms with Crippen molar-refractivity contribution in [2.24, 2.45) is 0 Å². The SMILES string of the molecule is CCC[Si](NC)(NC)N(C)C. The van der Waals surface area contributed by atoms with E-state index in [4.69, 9.17) is 0 Å². The van der Waals surface area contributed by atoms with Gasteiger partial charge < -0.3 is 14.5 Å². The smallest absolute Gasteiger partial charge is 0.283 e. The van der Waals surface area contributed by atoms with Crippen molar-refractivity contribution in [3.63, 3.8) is 0 Å². The molecular formula is C7H21N3Si. The number of rotatable bonds is 5. The van der Waals surface area contributed by atoms with E-state index in [0.717, 1.165) is 0 Å². The zero-order valence-corrected chi connectivity index (χ0v) is 9.36. The zero-order chi connectivity index (χ0) is 8.91. The highest BCUT2D eigenvalue weighted by atomic mass is 28.4. The summed E-state index contributed by atoms with van der Waals surface area (Å²) < 4.78 is 2.30. The van der Waals surface area contributed by atoms with Crippen molar-refractivity contribution >= 4 is 8.56 Å². The van der Waals surface area contributed by atoms with E-state index in [1.807, 2.05) is 14.1 Å². The van der Waals surface area contributed by atoms with Crippen LogP contribution in [0.1, 0.15) is 13.3 Å². The fourth-order valence-corrected chi connectivity index (χ4v) is 4.22. The van der Waals surface area contributed by atoms with Crippen LogP contribution in [-0.2, 0) is 0 Å². The Hall–Kier alpha value is 0.0969. The summed E-state index contributed by atoms with van der Waals surface area (Å²) in [5, 5.41) is 0. The molecule has 0 fully saturated rings. The van der Waals surface area contributed by atoms with Gasteiger partial charge in [-0.05, 0) is 34.2 Å². The van der Waals surface area contributed by atoms with Crippen molar-refractivity contribution in [3.8, 4) is 0 Å². The Morgan fingerprint density at radius 1 is 1.18 bits per heavy atom. The molecule has 0 aromatic heterocycles. The molecule has 0 unspecified atom stereocenters. The summed E-state index contributed by atoms with van der Waals surface area (Å²) in [6, 6.07) is 1.24. The van der Waals surface area contributed by atoms with Crippen LogP contribution in [0.4, 0.5) is 0 Å². The molecule has 2 N–H and O–H groups in total. The number of hydrogen-bond donors (Lipinski definition) is 2. The van der Waals surface area contributed by atoms with Gasteiger partial charge in [0.05, 0.1) is 0 Å². The van der Waals surface area contributed by atoms with Gasteiger partial charge in [-0.2, -0.15) is 0 Å². The summed E-state index contributed by atoms with van der Waals surface area (Å²) >= 11 is 0. The van der Waals surface area contributed by atoms with Crippen LogP contribution in [0.25, 0.3) is 0 Å². The highest BCUT2D eigenvalue weighted by Gasteiger charge is 2.32. The van der Waals surface area contributed by atoms with E-state index in [2.05, 4.69) is 35.5 Å². The van der Waals surface area contributed by atoms with Crippen LogP contribution in [0, 0.1) is 0 Å². The third kappa shape index (κ3) is 2.55. The largest absolute Gasteiger partial charge is 0.316 e. The Kier molecular flexibility index (Phi) is 4.91. The van der Waals surface area contributed by atoms with Crippen LogP contribution in [0.3, 0.4) is 0 Å². The summed E-state index contributed by atoms with van der Waals surface area (Å²) in [4.78, 5) is 6.84. The van der Waals surface area contributed by atoms with E-state index >= 15 is 0 Å². The van der Waals surface area contributed by atoms with Crippen LogP contribution < -0.4 is 9.96 Å². The average molecular weight is 175 g/mol. The number of hydrogen-bond acceptors (Lipinski definition) is 3. The lowest BCUT2D eigenvalue weighted by Crippen LogP contribution is -2.69. The Balaban J connectivity index is 4.20. The lowest BCUT2D eigenvalue weighted by atomic mass is 10.6. The first-order valence-corrected chi connectivity index (χ1v) is 6.33. The molecule has 0 saturated carbocycles. The summed E-state index contributed by atoms with van der Waals surface area (Å²) in [5.41, 5.74) is 0. The minimum absolute atomic E-state index is 1.23.